The molecule has 0 spiro atoms. The number of urea groups is 1. The van der Waals surface area contributed by atoms with Crippen molar-refractivity contribution in [3.63, 3.8) is 0 Å². The summed E-state index contributed by atoms with van der Waals surface area (Å²) in [6.45, 7) is 1.89. The molecule has 1 saturated carbocycles. The van der Waals surface area contributed by atoms with Gasteiger partial charge in [0.25, 0.3) is 0 Å². The van der Waals surface area contributed by atoms with Crippen LogP contribution in [0.25, 0.3) is 0 Å². The normalized spacial score (nSPS) is 24.9. The maximum Gasteiger partial charge on any atom is 0.317 e. The Bertz CT molecular complexity index is 859. The van der Waals surface area contributed by atoms with Crippen molar-refractivity contribution in [2.24, 2.45) is 5.92 Å². The topological polar surface area (TPSA) is 83.1 Å². The van der Waals surface area contributed by atoms with E-state index in [1.807, 2.05) is 7.05 Å². The van der Waals surface area contributed by atoms with E-state index in [0.717, 1.165) is 19.3 Å². The Morgan fingerprint density at radius 2 is 2.08 bits per heavy atom. The Hall–Kier alpha value is -1.52. The van der Waals surface area contributed by atoms with Crippen molar-refractivity contribution >= 4 is 17.6 Å². The minimum Gasteiger partial charge on any atom is -0.385 e. The molecular weight excluding hydrogens is 504 g/mol. The molecule has 1 aromatic carbocycles. The van der Waals surface area contributed by atoms with E-state index in [4.69, 9.17) is 21.1 Å². The fourth-order valence-electron chi connectivity index (χ4n) is 5.54. The molecule has 1 saturated heterocycles. The molecule has 0 aromatic heterocycles. The zero-order chi connectivity index (χ0) is 26.8. The third-order valence-electron chi connectivity index (χ3n) is 7.63. The van der Waals surface area contributed by atoms with Gasteiger partial charge in [0.1, 0.15) is 23.7 Å². The highest BCUT2D eigenvalue weighted by Gasteiger charge is 2.44. The number of halogens is 3. The quantitative estimate of drug-likeness (QED) is 0.339. The summed E-state index contributed by atoms with van der Waals surface area (Å²) in [5.41, 5.74) is -1.32. The summed E-state index contributed by atoms with van der Waals surface area (Å²) >= 11 is 6.30. The van der Waals surface area contributed by atoms with Crippen molar-refractivity contribution in [1.82, 2.24) is 15.5 Å². The van der Waals surface area contributed by atoms with Gasteiger partial charge >= 0.3 is 6.03 Å². The van der Waals surface area contributed by atoms with Gasteiger partial charge in [-0.05, 0) is 70.4 Å². The van der Waals surface area contributed by atoms with Crippen molar-refractivity contribution in [2.45, 2.75) is 75.3 Å². The van der Waals surface area contributed by atoms with E-state index in [-0.39, 0.29) is 42.2 Å². The number of hydrogen-bond acceptors (Lipinski definition) is 5. The molecule has 0 radical (unpaired) electrons. The lowest BCUT2D eigenvalue weighted by Gasteiger charge is -2.43. The molecule has 3 N–H and O–H groups in total. The number of aliphatic hydroxyl groups is 1. The predicted octanol–water partition coefficient (Wildman–Crippen LogP) is 4.40. The molecule has 0 bridgehead atoms. The molecule has 3 atom stereocenters. The summed E-state index contributed by atoms with van der Waals surface area (Å²) in [7, 11) is 3.46. The van der Waals surface area contributed by atoms with E-state index >= 15 is 0 Å². The number of nitrogens with one attached hydrogen (secondary N) is 2. The van der Waals surface area contributed by atoms with Gasteiger partial charge in [-0.2, -0.15) is 0 Å². The van der Waals surface area contributed by atoms with E-state index in [0.29, 0.717) is 51.3 Å². The number of carbonyl (C=O) groups is 1. The minimum atomic E-state index is -1.58. The summed E-state index contributed by atoms with van der Waals surface area (Å²) < 4.78 is 39.0. The van der Waals surface area contributed by atoms with E-state index in [1.54, 1.807) is 18.1 Å². The smallest absolute Gasteiger partial charge is 0.317 e. The van der Waals surface area contributed by atoms with Gasteiger partial charge < -0.3 is 30.1 Å². The van der Waals surface area contributed by atoms with Crippen molar-refractivity contribution in [3.05, 3.63) is 34.6 Å². The van der Waals surface area contributed by atoms with Gasteiger partial charge in [0, 0.05) is 38.4 Å². The van der Waals surface area contributed by atoms with Crippen LogP contribution in [0.15, 0.2) is 18.2 Å². The second kappa shape index (κ2) is 14.6. The van der Waals surface area contributed by atoms with Crippen LogP contribution in [0.3, 0.4) is 0 Å². The lowest BCUT2D eigenvalue weighted by atomic mass is 9.82. The van der Waals surface area contributed by atoms with E-state index < -0.39 is 23.7 Å². The van der Waals surface area contributed by atoms with E-state index in [1.165, 1.54) is 12.1 Å². The lowest BCUT2D eigenvalue weighted by Crippen LogP contribution is -2.58. The average Bonchev–Trinajstić information content (AvgIpc) is 2.89. The van der Waals surface area contributed by atoms with Crippen molar-refractivity contribution < 1.29 is 28.2 Å². The van der Waals surface area contributed by atoms with Crippen LogP contribution in [-0.4, -0.2) is 81.4 Å². The van der Waals surface area contributed by atoms with Gasteiger partial charge in [-0.15, -0.1) is 0 Å². The molecule has 2 fully saturated rings. The van der Waals surface area contributed by atoms with Crippen LogP contribution in [0.5, 0.6) is 0 Å². The largest absolute Gasteiger partial charge is 0.385 e. The Balaban J connectivity index is 1.70. The number of morpholine rings is 1. The molecule has 10 heteroatoms. The summed E-state index contributed by atoms with van der Waals surface area (Å²) in [4.78, 5) is 14.9. The predicted molar refractivity (Wildman–Crippen MR) is 140 cm³/mol. The van der Waals surface area contributed by atoms with Gasteiger partial charge in [-0.25, -0.2) is 13.6 Å². The van der Waals surface area contributed by atoms with Gasteiger partial charge in [-0.1, -0.05) is 23.7 Å². The standard InChI is InChI=1S/C27H42ClF2N3O4/c1-31-17-21(16-19-8-10-20(29)11-9-19)32-26(34)33-13-15-37-24(18-33)27(35,12-3-4-14-36-2)22-6-5-7-23(30)25(22)28/h5-7,19-21,24,31,35H,3-4,8-18H2,1-2H3,(H,32,34)/t19?,20?,21-,24+,27+/m0/s1. The number of ether oxygens (including phenoxy) is 2. The number of unbranched alkanes of at least 4 members (excludes halogenated alkanes) is 1. The van der Waals surface area contributed by atoms with Gasteiger partial charge in [0.15, 0.2) is 0 Å². The molecule has 1 aliphatic heterocycles. The zero-order valence-electron chi connectivity index (χ0n) is 22.0. The van der Waals surface area contributed by atoms with Crippen LogP contribution in [-0.2, 0) is 15.1 Å². The fraction of sp³-hybridized carbons (Fsp3) is 0.741. The first-order valence-electron chi connectivity index (χ1n) is 13.4. The second-order valence-corrected chi connectivity index (χ2v) is 10.7. The molecule has 1 aliphatic carbocycles. The number of likely N-dealkylation sites (N-methyl/N-ethyl adjacent to an activating group) is 1. The molecule has 37 heavy (non-hydrogen) atoms. The molecular formula is C27H42ClF2N3O4. The van der Waals surface area contributed by atoms with Crippen LogP contribution < -0.4 is 10.6 Å². The lowest BCUT2D eigenvalue weighted by molar-refractivity contribution is -0.146. The summed E-state index contributed by atoms with van der Waals surface area (Å²) in [5.74, 6) is -0.230. The second-order valence-electron chi connectivity index (χ2n) is 10.3. The fourth-order valence-corrected chi connectivity index (χ4v) is 5.83. The number of hydrogen-bond donors (Lipinski definition) is 3. The third kappa shape index (κ3) is 8.23. The number of nitrogens with zero attached hydrogens (tertiary/aromatic N) is 1. The summed E-state index contributed by atoms with van der Waals surface area (Å²) in [6, 6.07) is 4.05. The van der Waals surface area contributed by atoms with Crippen LogP contribution >= 0.6 is 11.6 Å². The first kappa shape index (κ1) is 30.0. The monoisotopic (exact) mass is 545 g/mol. The summed E-state index contributed by atoms with van der Waals surface area (Å²) in [6.07, 6.45) is 3.73. The van der Waals surface area contributed by atoms with Gasteiger partial charge in [-0.3, -0.25) is 0 Å². The van der Waals surface area contributed by atoms with Gasteiger partial charge in [0.05, 0.1) is 18.2 Å². The molecule has 2 amide bonds. The number of benzene rings is 1. The van der Waals surface area contributed by atoms with Crippen molar-refractivity contribution in [2.75, 3.05) is 47.0 Å². The average molecular weight is 546 g/mol. The first-order valence-corrected chi connectivity index (χ1v) is 13.8. The van der Waals surface area contributed by atoms with Crippen LogP contribution in [0.1, 0.15) is 56.9 Å². The molecule has 210 valence electrons. The minimum absolute atomic E-state index is 0.0921. The summed E-state index contributed by atoms with van der Waals surface area (Å²) in [5, 5.41) is 18.0. The maximum atomic E-state index is 14.3. The molecule has 2 aliphatic rings. The Labute approximate surface area is 224 Å². The van der Waals surface area contributed by atoms with Crippen molar-refractivity contribution in [1.29, 1.82) is 0 Å². The number of alkyl halides is 1. The Kier molecular flexibility index (Phi) is 11.8. The third-order valence-corrected chi connectivity index (χ3v) is 8.02. The number of rotatable bonds is 12. The number of amides is 2. The molecule has 3 rings (SSSR count). The number of methoxy groups -OCH3 is 1. The highest BCUT2D eigenvalue weighted by Crippen LogP contribution is 2.39. The van der Waals surface area contributed by atoms with Crippen LogP contribution in [0, 0.1) is 11.7 Å². The first-order chi connectivity index (χ1) is 17.8. The maximum absolute atomic E-state index is 14.3. The Morgan fingerprint density at radius 3 is 2.78 bits per heavy atom. The van der Waals surface area contributed by atoms with E-state index in [9.17, 15) is 18.7 Å². The zero-order valence-corrected chi connectivity index (χ0v) is 22.7. The van der Waals surface area contributed by atoms with Crippen LogP contribution in [0.4, 0.5) is 13.6 Å². The van der Waals surface area contributed by atoms with E-state index in [2.05, 4.69) is 10.6 Å². The van der Waals surface area contributed by atoms with Gasteiger partial charge in [0.2, 0.25) is 0 Å². The number of carbonyl (C=O) groups excluding carboxylic acids is 1. The molecule has 0 unspecified atom stereocenters. The molecule has 7 nitrogen and oxygen atoms in total. The highest BCUT2D eigenvalue weighted by atomic mass is 35.5. The molecule has 1 aromatic rings. The molecule has 1 heterocycles. The van der Waals surface area contributed by atoms with Crippen molar-refractivity contribution in [3.8, 4) is 0 Å². The Morgan fingerprint density at radius 1 is 1.32 bits per heavy atom. The highest BCUT2D eigenvalue weighted by molar-refractivity contribution is 6.31. The SMILES string of the molecule is CNC[C@H](CC1CCC(F)CC1)NC(=O)N1CCO[C@@H]([C@@](O)(CCCCOC)c2cccc(F)c2Cl)C1. The van der Waals surface area contributed by atoms with Crippen LogP contribution in [0.2, 0.25) is 5.02 Å².